The van der Waals surface area contributed by atoms with Gasteiger partial charge < -0.3 is 9.84 Å². The van der Waals surface area contributed by atoms with Crippen molar-refractivity contribution in [1.29, 1.82) is 0 Å². The minimum atomic E-state index is -0.331. The molecule has 0 radical (unpaired) electrons. The highest BCUT2D eigenvalue weighted by atomic mass is 16.5. The number of ether oxygens (including phenoxy) is 1. The second kappa shape index (κ2) is 5.40. The van der Waals surface area contributed by atoms with Crippen LogP contribution in [0.2, 0.25) is 0 Å². The first-order valence-corrected chi connectivity index (χ1v) is 4.81. The molecule has 0 fully saturated rings. The number of aliphatic hydroxyl groups is 1. The minimum Gasteiger partial charge on any atom is -0.393 e. The zero-order valence-corrected chi connectivity index (χ0v) is 9.26. The van der Waals surface area contributed by atoms with Crippen LogP contribution in [0.5, 0.6) is 0 Å². The Hall–Kier alpha value is -0.340. The molecule has 13 heavy (non-hydrogen) atoms. The van der Waals surface area contributed by atoms with E-state index in [-0.39, 0.29) is 11.7 Å². The Labute approximate surface area is 81.6 Å². The summed E-state index contributed by atoms with van der Waals surface area (Å²) in [6.45, 7) is 9.87. The van der Waals surface area contributed by atoms with Crippen LogP contribution in [-0.2, 0) is 4.74 Å². The third kappa shape index (κ3) is 5.83. The summed E-state index contributed by atoms with van der Waals surface area (Å²) >= 11 is 0. The third-order valence-electron chi connectivity index (χ3n) is 2.30. The van der Waals surface area contributed by atoms with Crippen LogP contribution in [0.3, 0.4) is 0 Å². The van der Waals surface area contributed by atoms with Crippen LogP contribution in [0.4, 0.5) is 0 Å². The molecule has 0 saturated carbocycles. The van der Waals surface area contributed by atoms with Crippen molar-refractivity contribution in [3.05, 3.63) is 12.2 Å². The van der Waals surface area contributed by atoms with Gasteiger partial charge in [0.05, 0.1) is 11.7 Å². The lowest BCUT2D eigenvalue weighted by Gasteiger charge is -2.26. The van der Waals surface area contributed by atoms with Crippen molar-refractivity contribution in [3.8, 4) is 0 Å². The van der Waals surface area contributed by atoms with E-state index in [4.69, 9.17) is 4.74 Å². The summed E-state index contributed by atoms with van der Waals surface area (Å²) < 4.78 is 5.23. The van der Waals surface area contributed by atoms with Crippen molar-refractivity contribution in [2.45, 2.75) is 51.7 Å². The maximum absolute atomic E-state index is 9.68. The molecule has 78 valence electrons. The molecule has 0 bridgehead atoms. The monoisotopic (exact) mass is 186 g/mol. The highest BCUT2D eigenvalue weighted by molar-refractivity contribution is 4.95. The topological polar surface area (TPSA) is 29.5 Å². The van der Waals surface area contributed by atoms with Crippen LogP contribution in [0.25, 0.3) is 0 Å². The van der Waals surface area contributed by atoms with E-state index in [1.165, 1.54) is 0 Å². The lowest BCUT2D eigenvalue weighted by atomic mass is 9.96. The molecule has 0 heterocycles. The van der Waals surface area contributed by atoms with E-state index in [2.05, 4.69) is 13.5 Å². The second-order valence-corrected chi connectivity index (χ2v) is 4.13. The van der Waals surface area contributed by atoms with Crippen molar-refractivity contribution in [3.63, 3.8) is 0 Å². The summed E-state index contributed by atoms with van der Waals surface area (Å²) in [5.41, 5.74) is 0.854. The molecule has 2 heteroatoms. The summed E-state index contributed by atoms with van der Waals surface area (Å²) in [5, 5.41) is 9.68. The highest BCUT2D eigenvalue weighted by Gasteiger charge is 2.21. The fourth-order valence-electron chi connectivity index (χ4n) is 1.20. The van der Waals surface area contributed by atoms with Gasteiger partial charge in [-0.15, -0.1) is 0 Å². The van der Waals surface area contributed by atoms with Gasteiger partial charge in [0.2, 0.25) is 0 Å². The smallest absolute Gasteiger partial charge is 0.0647 e. The summed E-state index contributed by atoms with van der Waals surface area (Å²) in [5.74, 6) is 0. The van der Waals surface area contributed by atoms with Crippen LogP contribution in [0, 0.1) is 0 Å². The van der Waals surface area contributed by atoms with E-state index in [1.54, 1.807) is 7.11 Å². The Morgan fingerprint density at radius 3 is 2.46 bits per heavy atom. The van der Waals surface area contributed by atoms with Gasteiger partial charge in [-0.25, -0.2) is 0 Å². The van der Waals surface area contributed by atoms with E-state index in [9.17, 15) is 5.11 Å². The average Bonchev–Trinajstić information content (AvgIpc) is 2.03. The number of methoxy groups -OCH3 is 1. The summed E-state index contributed by atoms with van der Waals surface area (Å²) in [7, 11) is 1.67. The lowest BCUT2D eigenvalue weighted by molar-refractivity contribution is -0.0191. The molecular weight excluding hydrogens is 164 g/mol. The first-order chi connectivity index (χ1) is 5.91. The molecule has 0 saturated heterocycles. The van der Waals surface area contributed by atoms with Crippen molar-refractivity contribution >= 4 is 0 Å². The fraction of sp³-hybridized carbons (Fsp3) is 0.818. The molecular formula is C11H22O2. The third-order valence-corrected chi connectivity index (χ3v) is 2.30. The van der Waals surface area contributed by atoms with Crippen LogP contribution < -0.4 is 0 Å². The van der Waals surface area contributed by atoms with Crippen molar-refractivity contribution in [2.75, 3.05) is 7.11 Å². The molecule has 0 aromatic heterocycles. The van der Waals surface area contributed by atoms with E-state index < -0.39 is 0 Å². The summed E-state index contributed by atoms with van der Waals surface area (Å²) in [6, 6.07) is 0. The van der Waals surface area contributed by atoms with E-state index >= 15 is 0 Å². The van der Waals surface area contributed by atoms with Crippen LogP contribution >= 0.6 is 0 Å². The Balaban J connectivity index is 3.86. The maximum atomic E-state index is 9.68. The largest absolute Gasteiger partial charge is 0.393 e. The predicted octanol–water partition coefficient (Wildman–Crippen LogP) is 2.52. The van der Waals surface area contributed by atoms with E-state index in [0.29, 0.717) is 12.8 Å². The minimum absolute atomic E-state index is 0.243. The Morgan fingerprint density at radius 2 is 2.08 bits per heavy atom. The van der Waals surface area contributed by atoms with Crippen LogP contribution in [0.1, 0.15) is 40.0 Å². The quantitative estimate of drug-likeness (QED) is 0.646. The fourth-order valence-corrected chi connectivity index (χ4v) is 1.20. The molecule has 1 N–H and O–H groups in total. The molecule has 0 aliphatic rings. The molecule has 1 unspecified atom stereocenters. The molecule has 0 aliphatic carbocycles. The van der Waals surface area contributed by atoms with Gasteiger partial charge in [0, 0.05) is 13.5 Å². The number of hydrogen-bond acceptors (Lipinski definition) is 2. The average molecular weight is 186 g/mol. The van der Waals surface area contributed by atoms with Gasteiger partial charge >= 0.3 is 0 Å². The SMILES string of the molecule is C=C(CC)CC(O)CC(C)(C)OC. The first-order valence-electron chi connectivity index (χ1n) is 4.81. The van der Waals surface area contributed by atoms with Gasteiger partial charge in [-0.1, -0.05) is 19.1 Å². The molecule has 0 aromatic carbocycles. The molecule has 0 amide bonds. The molecule has 0 aliphatic heterocycles. The molecule has 2 nitrogen and oxygen atoms in total. The highest BCUT2D eigenvalue weighted by Crippen LogP contribution is 2.19. The number of aliphatic hydroxyl groups excluding tert-OH is 1. The van der Waals surface area contributed by atoms with E-state index in [0.717, 1.165) is 12.0 Å². The van der Waals surface area contributed by atoms with Gasteiger partial charge in [-0.2, -0.15) is 0 Å². The lowest BCUT2D eigenvalue weighted by Crippen LogP contribution is -2.28. The summed E-state index contributed by atoms with van der Waals surface area (Å²) in [6.07, 6.45) is 1.94. The summed E-state index contributed by atoms with van der Waals surface area (Å²) in [4.78, 5) is 0. The molecule has 0 spiro atoms. The van der Waals surface area contributed by atoms with Gasteiger partial charge in [0.15, 0.2) is 0 Å². The van der Waals surface area contributed by atoms with E-state index in [1.807, 2.05) is 13.8 Å². The van der Waals surface area contributed by atoms with Gasteiger partial charge in [-0.05, 0) is 26.7 Å². The number of hydrogen-bond donors (Lipinski definition) is 1. The second-order valence-electron chi connectivity index (χ2n) is 4.13. The Bertz CT molecular complexity index is 161. The van der Waals surface area contributed by atoms with Crippen LogP contribution in [0.15, 0.2) is 12.2 Å². The molecule has 0 aromatic rings. The van der Waals surface area contributed by atoms with Crippen molar-refractivity contribution in [2.24, 2.45) is 0 Å². The van der Waals surface area contributed by atoms with Crippen LogP contribution in [-0.4, -0.2) is 23.9 Å². The standard InChI is InChI=1S/C11H22O2/c1-6-9(2)7-10(12)8-11(3,4)13-5/h10,12H,2,6-8H2,1,3-5H3. The first kappa shape index (κ1) is 12.7. The number of rotatable bonds is 6. The van der Waals surface area contributed by atoms with Crippen molar-refractivity contribution in [1.82, 2.24) is 0 Å². The van der Waals surface area contributed by atoms with Gasteiger partial charge in [-0.3, -0.25) is 0 Å². The zero-order chi connectivity index (χ0) is 10.5. The molecule has 1 atom stereocenters. The molecule has 0 rings (SSSR count). The Kier molecular flexibility index (Phi) is 5.26. The normalized spacial score (nSPS) is 14.2. The maximum Gasteiger partial charge on any atom is 0.0647 e. The van der Waals surface area contributed by atoms with Gasteiger partial charge in [0.25, 0.3) is 0 Å². The zero-order valence-electron chi connectivity index (χ0n) is 9.26. The Morgan fingerprint density at radius 1 is 1.54 bits per heavy atom. The van der Waals surface area contributed by atoms with Crippen molar-refractivity contribution < 1.29 is 9.84 Å². The predicted molar refractivity (Wildman–Crippen MR) is 55.8 cm³/mol. The van der Waals surface area contributed by atoms with Gasteiger partial charge in [0.1, 0.15) is 0 Å².